The van der Waals surface area contributed by atoms with E-state index in [0.29, 0.717) is 0 Å². The maximum absolute atomic E-state index is 4.04. The van der Waals surface area contributed by atoms with Crippen LogP contribution >= 0.6 is 15.9 Å². The number of pyridine rings is 1. The number of rotatable bonds is 2. The summed E-state index contributed by atoms with van der Waals surface area (Å²) in [7, 11) is 3.99. The zero-order chi connectivity index (χ0) is 8.97. The molecule has 0 fully saturated rings. The van der Waals surface area contributed by atoms with Crippen molar-refractivity contribution in [2.75, 3.05) is 14.1 Å². The molecule has 0 aliphatic heterocycles. The molecule has 0 aliphatic rings. The Kier molecular flexibility index (Phi) is 3.29. The molecule has 0 saturated heterocycles. The van der Waals surface area contributed by atoms with E-state index in [1.807, 2.05) is 43.4 Å². The van der Waals surface area contributed by atoms with E-state index in [1.54, 1.807) is 6.20 Å². The Labute approximate surface area is 81.0 Å². The molecule has 64 valence electrons. The van der Waals surface area contributed by atoms with Crippen LogP contribution in [0.2, 0.25) is 0 Å². The van der Waals surface area contributed by atoms with Gasteiger partial charge in [-0.3, -0.25) is 0 Å². The van der Waals surface area contributed by atoms with Crippen LogP contribution in [0.3, 0.4) is 0 Å². The van der Waals surface area contributed by atoms with Gasteiger partial charge >= 0.3 is 0 Å². The minimum absolute atomic E-state index is 0.864. The summed E-state index contributed by atoms with van der Waals surface area (Å²) >= 11 is 3.31. The van der Waals surface area contributed by atoms with E-state index in [-0.39, 0.29) is 0 Å². The molecule has 1 heterocycles. The van der Waals surface area contributed by atoms with Gasteiger partial charge in [-0.2, -0.15) is 0 Å². The van der Waals surface area contributed by atoms with Crippen molar-refractivity contribution in [3.8, 4) is 0 Å². The van der Waals surface area contributed by atoms with Crippen LogP contribution in [0.5, 0.6) is 0 Å². The zero-order valence-electron chi connectivity index (χ0n) is 7.16. The van der Waals surface area contributed by atoms with Gasteiger partial charge in [0.1, 0.15) is 4.60 Å². The Morgan fingerprint density at radius 3 is 2.83 bits per heavy atom. The predicted molar refractivity (Wildman–Crippen MR) is 54.7 cm³/mol. The normalized spacial score (nSPS) is 10.6. The highest BCUT2D eigenvalue weighted by atomic mass is 79.9. The zero-order valence-corrected chi connectivity index (χ0v) is 8.75. The fourth-order valence-electron chi connectivity index (χ4n) is 0.756. The van der Waals surface area contributed by atoms with Crippen LogP contribution in [0.15, 0.2) is 29.1 Å². The molecular formula is C9H11BrN2. The van der Waals surface area contributed by atoms with Crippen molar-refractivity contribution in [2.45, 2.75) is 0 Å². The molecule has 12 heavy (non-hydrogen) atoms. The summed E-state index contributed by atoms with van der Waals surface area (Å²) in [5.74, 6) is 0. The lowest BCUT2D eigenvalue weighted by Crippen LogP contribution is -1.99. The lowest BCUT2D eigenvalue weighted by molar-refractivity contribution is 0.567. The number of nitrogens with zero attached hydrogens (tertiary/aromatic N) is 2. The highest BCUT2D eigenvalue weighted by molar-refractivity contribution is 9.10. The third kappa shape index (κ3) is 3.05. The molecule has 1 aromatic rings. The van der Waals surface area contributed by atoms with Gasteiger partial charge in [0, 0.05) is 20.3 Å². The van der Waals surface area contributed by atoms with Crippen LogP contribution in [-0.2, 0) is 0 Å². The van der Waals surface area contributed by atoms with Crippen LogP contribution < -0.4 is 0 Å². The fraction of sp³-hybridized carbons (Fsp3) is 0.222. The van der Waals surface area contributed by atoms with Gasteiger partial charge in [-0.05, 0) is 45.9 Å². The van der Waals surface area contributed by atoms with Gasteiger partial charge in [-0.15, -0.1) is 0 Å². The van der Waals surface area contributed by atoms with E-state index in [1.165, 1.54) is 0 Å². The number of hydrogen-bond acceptors (Lipinski definition) is 2. The van der Waals surface area contributed by atoms with Crippen LogP contribution in [0.1, 0.15) is 5.56 Å². The van der Waals surface area contributed by atoms with E-state index in [4.69, 9.17) is 0 Å². The molecule has 0 spiro atoms. The van der Waals surface area contributed by atoms with Crippen LogP contribution in [-0.4, -0.2) is 24.0 Å². The summed E-state index contributed by atoms with van der Waals surface area (Å²) in [4.78, 5) is 6.03. The van der Waals surface area contributed by atoms with E-state index < -0.39 is 0 Å². The fourth-order valence-corrected chi connectivity index (χ4v) is 1.14. The van der Waals surface area contributed by atoms with E-state index in [9.17, 15) is 0 Å². The maximum atomic E-state index is 4.04. The maximum Gasteiger partial charge on any atom is 0.106 e. The minimum Gasteiger partial charge on any atom is -0.383 e. The van der Waals surface area contributed by atoms with Gasteiger partial charge in [0.25, 0.3) is 0 Å². The first-order valence-electron chi connectivity index (χ1n) is 3.64. The number of aromatic nitrogens is 1. The SMILES string of the molecule is CN(C)C=Cc1ccnc(Br)c1. The van der Waals surface area contributed by atoms with Crippen LogP contribution in [0.25, 0.3) is 6.08 Å². The Balaban J connectivity index is 2.76. The second kappa shape index (κ2) is 4.26. The standard InChI is InChI=1S/C9H11BrN2/c1-12(2)6-4-8-3-5-11-9(10)7-8/h3-7H,1-2H3. The molecule has 1 rings (SSSR count). The molecule has 0 aromatic carbocycles. The Hall–Kier alpha value is -0.830. The molecule has 1 aromatic heterocycles. The first-order chi connectivity index (χ1) is 5.68. The lowest BCUT2D eigenvalue weighted by Gasteiger charge is -2.02. The highest BCUT2D eigenvalue weighted by Crippen LogP contribution is 2.09. The Morgan fingerprint density at radius 2 is 2.25 bits per heavy atom. The third-order valence-electron chi connectivity index (χ3n) is 1.32. The van der Waals surface area contributed by atoms with E-state index >= 15 is 0 Å². The lowest BCUT2D eigenvalue weighted by atomic mass is 10.3. The average Bonchev–Trinajstić information content (AvgIpc) is 2.01. The average molecular weight is 227 g/mol. The molecule has 3 heteroatoms. The van der Waals surface area contributed by atoms with Crippen molar-refractivity contribution in [1.29, 1.82) is 0 Å². The first-order valence-corrected chi connectivity index (χ1v) is 4.44. The smallest absolute Gasteiger partial charge is 0.106 e. The first kappa shape index (κ1) is 9.26. The van der Waals surface area contributed by atoms with Crippen molar-refractivity contribution in [2.24, 2.45) is 0 Å². The summed E-state index contributed by atoms with van der Waals surface area (Å²) in [5.41, 5.74) is 1.14. The van der Waals surface area contributed by atoms with Crippen molar-refractivity contribution in [3.05, 3.63) is 34.7 Å². The second-order valence-electron chi connectivity index (χ2n) is 2.69. The third-order valence-corrected chi connectivity index (χ3v) is 1.75. The van der Waals surface area contributed by atoms with Crippen LogP contribution in [0.4, 0.5) is 0 Å². The molecule has 2 nitrogen and oxygen atoms in total. The Morgan fingerprint density at radius 1 is 1.50 bits per heavy atom. The quantitative estimate of drug-likeness (QED) is 0.721. The van der Waals surface area contributed by atoms with E-state index in [2.05, 4.69) is 20.9 Å². The second-order valence-corrected chi connectivity index (χ2v) is 3.50. The molecule has 0 atom stereocenters. The summed E-state index contributed by atoms with van der Waals surface area (Å²) in [6.45, 7) is 0. The van der Waals surface area contributed by atoms with Crippen molar-refractivity contribution >= 4 is 22.0 Å². The van der Waals surface area contributed by atoms with Gasteiger partial charge in [0.2, 0.25) is 0 Å². The van der Waals surface area contributed by atoms with Crippen molar-refractivity contribution < 1.29 is 0 Å². The molecule has 0 N–H and O–H groups in total. The molecule has 0 radical (unpaired) electrons. The number of halogens is 1. The van der Waals surface area contributed by atoms with Crippen molar-refractivity contribution in [1.82, 2.24) is 9.88 Å². The molecule has 0 bridgehead atoms. The largest absolute Gasteiger partial charge is 0.383 e. The summed E-state index contributed by atoms with van der Waals surface area (Å²) in [5, 5.41) is 0. The van der Waals surface area contributed by atoms with Gasteiger partial charge in [0.05, 0.1) is 0 Å². The summed E-state index contributed by atoms with van der Waals surface area (Å²) < 4.78 is 0.864. The summed E-state index contributed by atoms with van der Waals surface area (Å²) in [6.07, 6.45) is 5.81. The molecule has 0 aliphatic carbocycles. The highest BCUT2D eigenvalue weighted by Gasteiger charge is 1.88. The molecule has 0 unspecified atom stereocenters. The molecule has 0 amide bonds. The molecular weight excluding hydrogens is 216 g/mol. The minimum atomic E-state index is 0.864. The van der Waals surface area contributed by atoms with Gasteiger partial charge < -0.3 is 4.90 Å². The van der Waals surface area contributed by atoms with E-state index in [0.717, 1.165) is 10.2 Å². The van der Waals surface area contributed by atoms with Gasteiger partial charge in [0.15, 0.2) is 0 Å². The Bertz CT molecular complexity index is 282. The van der Waals surface area contributed by atoms with Crippen LogP contribution in [0, 0.1) is 0 Å². The number of hydrogen-bond donors (Lipinski definition) is 0. The monoisotopic (exact) mass is 226 g/mol. The summed E-state index contributed by atoms with van der Waals surface area (Å²) in [6, 6.07) is 3.94. The topological polar surface area (TPSA) is 16.1 Å². The van der Waals surface area contributed by atoms with Crippen molar-refractivity contribution in [3.63, 3.8) is 0 Å². The molecule has 0 saturated carbocycles. The van der Waals surface area contributed by atoms with Gasteiger partial charge in [-0.25, -0.2) is 4.98 Å². The predicted octanol–water partition coefficient (Wildman–Crippen LogP) is 2.38. The van der Waals surface area contributed by atoms with Gasteiger partial charge in [-0.1, -0.05) is 0 Å².